The first-order valence-corrected chi connectivity index (χ1v) is 6.78. The molecular formula is C18H16O4. The Bertz CT molecular complexity index is 702. The van der Waals surface area contributed by atoms with Crippen LogP contribution in [0.5, 0.6) is 5.75 Å². The Morgan fingerprint density at radius 2 is 1.64 bits per heavy atom. The van der Waals surface area contributed by atoms with Gasteiger partial charge in [0, 0.05) is 19.4 Å². The molecule has 0 aliphatic rings. The Morgan fingerprint density at radius 1 is 0.909 bits per heavy atom. The molecule has 0 spiro atoms. The van der Waals surface area contributed by atoms with Crippen molar-refractivity contribution < 1.29 is 19.1 Å². The summed E-state index contributed by atoms with van der Waals surface area (Å²) >= 11 is 0. The number of hydrogen-bond donors (Lipinski definition) is 0. The molecule has 0 aromatic heterocycles. The topological polar surface area (TPSA) is 52.6 Å². The van der Waals surface area contributed by atoms with E-state index in [0.717, 1.165) is 5.56 Å². The number of rotatable bonds is 4. The van der Waals surface area contributed by atoms with Crippen molar-refractivity contribution in [3.05, 3.63) is 65.7 Å². The lowest BCUT2D eigenvalue weighted by atomic mass is 10.1. The van der Waals surface area contributed by atoms with Crippen molar-refractivity contribution in [1.29, 1.82) is 0 Å². The summed E-state index contributed by atoms with van der Waals surface area (Å²) in [6.07, 6.45) is 1.76. The maximum Gasteiger partial charge on any atom is 0.308 e. The van der Waals surface area contributed by atoms with E-state index in [1.54, 1.807) is 30.3 Å². The minimum absolute atomic E-state index is 0.396. The van der Waals surface area contributed by atoms with Crippen LogP contribution < -0.4 is 4.74 Å². The Labute approximate surface area is 129 Å². The molecule has 0 saturated heterocycles. The zero-order valence-electron chi connectivity index (χ0n) is 12.4. The first-order valence-electron chi connectivity index (χ1n) is 6.78. The smallest absolute Gasteiger partial charge is 0.308 e. The zero-order chi connectivity index (χ0) is 15.9. The van der Waals surface area contributed by atoms with Gasteiger partial charge in [0.05, 0.1) is 0 Å². The molecule has 2 rings (SSSR count). The van der Waals surface area contributed by atoms with Crippen LogP contribution in [0.15, 0.2) is 54.6 Å². The molecule has 0 heterocycles. The van der Waals surface area contributed by atoms with Crippen molar-refractivity contribution in [2.75, 3.05) is 0 Å². The molecule has 0 bridgehead atoms. The number of esters is 2. The minimum Gasteiger partial charge on any atom is -0.427 e. The monoisotopic (exact) mass is 296 g/mol. The van der Waals surface area contributed by atoms with Gasteiger partial charge < -0.3 is 9.47 Å². The fraction of sp³-hybridized carbons (Fsp3) is 0.111. The van der Waals surface area contributed by atoms with Crippen LogP contribution in [0.4, 0.5) is 0 Å². The molecule has 0 unspecified atom stereocenters. The summed E-state index contributed by atoms with van der Waals surface area (Å²) < 4.78 is 10.3. The highest BCUT2D eigenvalue weighted by Gasteiger charge is 2.09. The fourth-order valence-corrected chi connectivity index (χ4v) is 1.91. The quantitative estimate of drug-likeness (QED) is 0.374. The van der Waals surface area contributed by atoms with Gasteiger partial charge in [-0.1, -0.05) is 42.5 Å². The van der Waals surface area contributed by atoms with Gasteiger partial charge in [-0.2, -0.15) is 0 Å². The van der Waals surface area contributed by atoms with Gasteiger partial charge in [0.15, 0.2) is 0 Å². The normalized spacial score (nSPS) is 10.9. The van der Waals surface area contributed by atoms with Crippen molar-refractivity contribution in [3.8, 4) is 5.75 Å². The van der Waals surface area contributed by atoms with E-state index in [4.69, 9.17) is 9.47 Å². The SMILES string of the molecule is CC(=O)OC(=Cc1ccccc1)c1cccc(OC(C)=O)c1. The Morgan fingerprint density at radius 3 is 2.27 bits per heavy atom. The molecule has 0 atom stereocenters. The molecule has 0 amide bonds. The molecule has 0 N–H and O–H groups in total. The van der Waals surface area contributed by atoms with Gasteiger partial charge in [-0.3, -0.25) is 9.59 Å². The van der Waals surface area contributed by atoms with E-state index in [-0.39, 0.29) is 0 Å². The molecule has 2 aromatic rings. The van der Waals surface area contributed by atoms with E-state index in [9.17, 15) is 9.59 Å². The van der Waals surface area contributed by atoms with Gasteiger partial charge in [0.1, 0.15) is 11.5 Å². The van der Waals surface area contributed by atoms with Crippen LogP contribution in [-0.4, -0.2) is 11.9 Å². The molecule has 2 aromatic carbocycles. The number of hydrogen-bond acceptors (Lipinski definition) is 4. The summed E-state index contributed by atoms with van der Waals surface area (Å²) in [6.45, 7) is 2.67. The highest BCUT2D eigenvalue weighted by Crippen LogP contribution is 2.24. The first-order chi connectivity index (χ1) is 10.5. The highest BCUT2D eigenvalue weighted by molar-refractivity contribution is 5.84. The highest BCUT2D eigenvalue weighted by atomic mass is 16.5. The maximum absolute atomic E-state index is 11.3. The number of benzene rings is 2. The minimum atomic E-state index is -0.417. The van der Waals surface area contributed by atoms with Gasteiger partial charge in [0.25, 0.3) is 0 Å². The van der Waals surface area contributed by atoms with Crippen LogP contribution in [0.25, 0.3) is 11.8 Å². The van der Waals surface area contributed by atoms with E-state index in [0.29, 0.717) is 17.1 Å². The second kappa shape index (κ2) is 7.22. The molecule has 0 saturated carbocycles. The molecule has 22 heavy (non-hydrogen) atoms. The lowest BCUT2D eigenvalue weighted by molar-refractivity contribution is -0.134. The molecule has 0 aliphatic carbocycles. The van der Waals surface area contributed by atoms with Gasteiger partial charge in [-0.25, -0.2) is 0 Å². The average molecular weight is 296 g/mol. The van der Waals surface area contributed by atoms with Crippen molar-refractivity contribution in [3.63, 3.8) is 0 Å². The van der Waals surface area contributed by atoms with Crippen LogP contribution in [0.2, 0.25) is 0 Å². The van der Waals surface area contributed by atoms with E-state index < -0.39 is 11.9 Å². The Balaban J connectivity index is 2.39. The zero-order valence-corrected chi connectivity index (χ0v) is 12.4. The Kier molecular flexibility index (Phi) is 5.09. The lowest BCUT2D eigenvalue weighted by Crippen LogP contribution is -2.02. The van der Waals surface area contributed by atoms with Crippen LogP contribution in [0.1, 0.15) is 25.0 Å². The number of carbonyl (C=O) groups is 2. The van der Waals surface area contributed by atoms with Crippen molar-refractivity contribution in [2.45, 2.75) is 13.8 Å². The lowest BCUT2D eigenvalue weighted by Gasteiger charge is -2.09. The third-order valence-corrected chi connectivity index (χ3v) is 2.73. The van der Waals surface area contributed by atoms with E-state index in [1.165, 1.54) is 13.8 Å². The summed E-state index contributed by atoms with van der Waals surface area (Å²) in [6, 6.07) is 16.3. The summed E-state index contributed by atoms with van der Waals surface area (Å²) in [5.74, 6) is -0.0258. The molecule has 0 aliphatic heterocycles. The molecule has 4 heteroatoms. The standard InChI is InChI=1S/C18H16O4/c1-13(19)21-17-10-6-9-16(12-17)18(22-14(2)20)11-15-7-4-3-5-8-15/h3-12H,1-2H3. The predicted molar refractivity (Wildman–Crippen MR) is 83.8 cm³/mol. The largest absolute Gasteiger partial charge is 0.427 e. The molecule has 4 nitrogen and oxygen atoms in total. The van der Waals surface area contributed by atoms with Gasteiger partial charge in [-0.05, 0) is 23.8 Å². The third-order valence-electron chi connectivity index (χ3n) is 2.73. The van der Waals surface area contributed by atoms with Gasteiger partial charge in [0.2, 0.25) is 0 Å². The molecular weight excluding hydrogens is 280 g/mol. The Hall–Kier alpha value is -2.88. The fourth-order valence-electron chi connectivity index (χ4n) is 1.91. The van der Waals surface area contributed by atoms with Crippen LogP contribution in [0.3, 0.4) is 0 Å². The number of ether oxygens (including phenoxy) is 2. The summed E-state index contributed by atoms with van der Waals surface area (Å²) in [5.41, 5.74) is 1.55. The molecule has 0 radical (unpaired) electrons. The van der Waals surface area contributed by atoms with Crippen LogP contribution in [0, 0.1) is 0 Å². The first kappa shape index (κ1) is 15.5. The second-order valence-electron chi connectivity index (χ2n) is 4.63. The predicted octanol–water partition coefficient (Wildman–Crippen LogP) is 3.67. The third kappa shape index (κ3) is 4.59. The summed E-state index contributed by atoms with van der Waals surface area (Å²) in [4.78, 5) is 22.4. The molecule has 0 fully saturated rings. The average Bonchev–Trinajstić information content (AvgIpc) is 2.47. The van der Waals surface area contributed by atoms with E-state index in [2.05, 4.69) is 0 Å². The number of carbonyl (C=O) groups excluding carboxylic acids is 2. The summed E-state index contributed by atoms with van der Waals surface area (Å²) in [5, 5.41) is 0. The van der Waals surface area contributed by atoms with Crippen molar-refractivity contribution in [2.24, 2.45) is 0 Å². The van der Waals surface area contributed by atoms with Crippen LogP contribution in [-0.2, 0) is 14.3 Å². The van der Waals surface area contributed by atoms with Crippen molar-refractivity contribution in [1.82, 2.24) is 0 Å². The molecule has 112 valence electrons. The van der Waals surface area contributed by atoms with E-state index in [1.807, 2.05) is 30.3 Å². The summed E-state index contributed by atoms with van der Waals surface area (Å²) in [7, 11) is 0. The second-order valence-corrected chi connectivity index (χ2v) is 4.63. The maximum atomic E-state index is 11.3. The van der Waals surface area contributed by atoms with Gasteiger partial charge in [-0.15, -0.1) is 0 Å². The van der Waals surface area contributed by atoms with Crippen LogP contribution >= 0.6 is 0 Å². The van der Waals surface area contributed by atoms with Crippen molar-refractivity contribution >= 4 is 23.8 Å². The van der Waals surface area contributed by atoms with E-state index >= 15 is 0 Å². The van der Waals surface area contributed by atoms with Gasteiger partial charge >= 0.3 is 11.9 Å².